The summed E-state index contributed by atoms with van der Waals surface area (Å²) >= 11 is 0. The molecule has 1 unspecified atom stereocenters. The van der Waals surface area contributed by atoms with E-state index in [0.29, 0.717) is 18.8 Å². The summed E-state index contributed by atoms with van der Waals surface area (Å²) in [6.07, 6.45) is 0. The Hall–Kier alpha value is -1.49. The molecule has 0 fully saturated rings. The van der Waals surface area contributed by atoms with Crippen LogP contribution in [0.25, 0.3) is 0 Å². The van der Waals surface area contributed by atoms with Gasteiger partial charge in [-0.1, -0.05) is 48.5 Å². The van der Waals surface area contributed by atoms with Crippen molar-refractivity contribution in [3.8, 4) is 0 Å². The quantitative estimate of drug-likeness (QED) is 0.808. The van der Waals surface area contributed by atoms with Gasteiger partial charge in [0.1, 0.15) is 0 Å². The first kappa shape index (κ1) is 17.9. The fourth-order valence-corrected chi connectivity index (χ4v) is 3.63. The van der Waals surface area contributed by atoms with Gasteiger partial charge in [-0.15, -0.1) is 0 Å². The molecule has 4 heteroatoms. The van der Waals surface area contributed by atoms with Gasteiger partial charge in [0.15, 0.2) is 0 Å². The fourth-order valence-electron chi connectivity index (χ4n) is 2.50. The molecule has 2 aromatic rings. The summed E-state index contributed by atoms with van der Waals surface area (Å²) < 4.78 is 12.4. The second kappa shape index (κ2) is 8.39. The van der Waals surface area contributed by atoms with Crippen LogP contribution in [0.5, 0.6) is 0 Å². The maximum absolute atomic E-state index is 12.4. The average Bonchev–Trinajstić information content (AvgIpc) is 2.53. The van der Waals surface area contributed by atoms with E-state index < -0.39 is 16.4 Å². The van der Waals surface area contributed by atoms with Gasteiger partial charge in [-0.3, -0.25) is 9.11 Å². The van der Waals surface area contributed by atoms with Gasteiger partial charge < -0.3 is 5.11 Å². The predicted octanol–water partition coefficient (Wildman–Crippen LogP) is 3.07. The number of rotatable bonds is 8. The minimum Gasteiger partial charge on any atom is -0.389 e. The van der Waals surface area contributed by atoms with Gasteiger partial charge in [0.2, 0.25) is 0 Å². The van der Waals surface area contributed by atoms with Gasteiger partial charge >= 0.3 is 0 Å². The lowest BCUT2D eigenvalue weighted by molar-refractivity contribution is 0.0356. The van der Waals surface area contributed by atoms with E-state index in [9.17, 15) is 9.32 Å². The standard InChI is InChI=1S/C19H25NO2S/c1-19(2,21)16-20(15-17-9-5-3-6-10-17)13-14-23(22)18-11-7-4-8-12-18/h3-12,21H,13-16H2,1-2H3. The van der Waals surface area contributed by atoms with Crippen LogP contribution < -0.4 is 0 Å². The molecule has 0 bridgehead atoms. The van der Waals surface area contributed by atoms with Gasteiger partial charge in [-0.2, -0.15) is 0 Å². The van der Waals surface area contributed by atoms with Crippen molar-refractivity contribution < 1.29 is 9.32 Å². The van der Waals surface area contributed by atoms with E-state index in [0.717, 1.165) is 11.4 Å². The molecule has 0 spiro atoms. The van der Waals surface area contributed by atoms with E-state index in [-0.39, 0.29) is 0 Å². The van der Waals surface area contributed by atoms with Crippen molar-refractivity contribution in [2.24, 2.45) is 0 Å². The molecule has 0 radical (unpaired) electrons. The average molecular weight is 331 g/mol. The molecule has 23 heavy (non-hydrogen) atoms. The normalized spacial score (nSPS) is 13.2. The van der Waals surface area contributed by atoms with Crippen molar-refractivity contribution in [3.63, 3.8) is 0 Å². The van der Waals surface area contributed by atoms with E-state index in [4.69, 9.17) is 0 Å². The Morgan fingerprint density at radius 2 is 1.57 bits per heavy atom. The summed E-state index contributed by atoms with van der Waals surface area (Å²) in [7, 11) is -1.01. The summed E-state index contributed by atoms with van der Waals surface area (Å²) in [6.45, 7) is 5.59. The molecule has 3 nitrogen and oxygen atoms in total. The highest BCUT2D eigenvalue weighted by Gasteiger charge is 2.19. The smallest absolute Gasteiger partial charge is 0.0718 e. The number of nitrogens with zero attached hydrogens (tertiary/aromatic N) is 1. The van der Waals surface area contributed by atoms with E-state index in [1.165, 1.54) is 5.56 Å². The summed E-state index contributed by atoms with van der Waals surface area (Å²) in [5.41, 5.74) is 0.422. The molecule has 0 aliphatic heterocycles. The third-order valence-corrected chi connectivity index (χ3v) is 4.81. The van der Waals surface area contributed by atoms with E-state index >= 15 is 0 Å². The highest BCUT2D eigenvalue weighted by atomic mass is 32.2. The summed E-state index contributed by atoms with van der Waals surface area (Å²) in [4.78, 5) is 3.02. The first-order chi connectivity index (χ1) is 10.9. The van der Waals surface area contributed by atoms with Gasteiger partial charge in [-0.25, -0.2) is 0 Å². The molecule has 0 heterocycles. The van der Waals surface area contributed by atoms with Crippen molar-refractivity contribution in [3.05, 3.63) is 66.2 Å². The van der Waals surface area contributed by atoms with Crippen molar-refractivity contribution >= 4 is 10.8 Å². The molecule has 1 atom stereocenters. The zero-order valence-corrected chi connectivity index (χ0v) is 14.6. The third-order valence-electron chi connectivity index (χ3n) is 3.46. The van der Waals surface area contributed by atoms with Gasteiger partial charge in [0, 0.05) is 30.3 Å². The Morgan fingerprint density at radius 1 is 1.00 bits per heavy atom. The number of benzene rings is 2. The van der Waals surface area contributed by atoms with Gasteiger partial charge in [-0.05, 0) is 31.5 Å². The van der Waals surface area contributed by atoms with Crippen LogP contribution >= 0.6 is 0 Å². The molecule has 0 aliphatic carbocycles. The first-order valence-corrected chi connectivity index (χ1v) is 9.18. The highest BCUT2D eigenvalue weighted by Crippen LogP contribution is 2.12. The van der Waals surface area contributed by atoms with Crippen LogP contribution in [-0.4, -0.2) is 38.7 Å². The summed E-state index contributed by atoms with van der Waals surface area (Å²) in [5, 5.41) is 10.1. The van der Waals surface area contributed by atoms with Crippen LogP contribution in [0.4, 0.5) is 0 Å². The number of hydrogen-bond acceptors (Lipinski definition) is 3. The van der Waals surface area contributed by atoms with Crippen LogP contribution in [0, 0.1) is 0 Å². The van der Waals surface area contributed by atoms with Crippen molar-refractivity contribution in [2.45, 2.75) is 30.9 Å². The maximum Gasteiger partial charge on any atom is 0.0718 e. The largest absolute Gasteiger partial charge is 0.389 e. The Balaban J connectivity index is 1.98. The Kier molecular flexibility index (Phi) is 6.51. The third kappa shape index (κ3) is 6.65. The molecule has 0 aromatic heterocycles. The molecule has 2 aromatic carbocycles. The Labute approximate surface area is 141 Å². The maximum atomic E-state index is 12.4. The molecule has 0 saturated carbocycles. The van der Waals surface area contributed by atoms with Crippen LogP contribution in [0.1, 0.15) is 19.4 Å². The molecule has 0 aliphatic rings. The Bertz CT molecular complexity index is 608. The molecular weight excluding hydrogens is 306 g/mol. The van der Waals surface area contributed by atoms with Crippen LogP contribution in [0.15, 0.2) is 65.6 Å². The SMILES string of the molecule is CC(C)(O)CN(CCS(=O)c1ccccc1)Cc1ccccc1. The van der Waals surface area contributed by atoms with Crippen molar-refractivity contribution in [1.29, 1.82) is 0 Å². The molecule has 124 valence electrons. The zero-order valence-electron chi connectivity index (χ0n) is 13.8. The van der Waals surface area contributed by atoms with E-state index in [2.05, 4.69) is 17.0 Å². The topological polar surface area (TPSA) is 40.5 Å². The van der Waals surface area contributed by atoms with Crippen molar-refractivity contribution in [1.82, 2.24) is 4.90 Å². The van der Waals surface area contributed by atoms with E-state index in [1.807, 2.05) is 48.5 Å². The lowest BCUT2D eigenvalue weighted by Crippen LogP contribution is -2.40. The van der Waals surface area contributed by atoms with E-state index in [1.54, 1.807) is 13.8 Å². The van der Waals surface area contributed by atoms with Crippen LogP contribution in [-0.2, 0) is 17.3 Å². The highest BCUT2D eigenvalue weighted by molar-refractivity contribution is 7.85. The van der Waals surface area contributed by atoms with Gasteiger partial charge in [0.05, 0.1) is 16.4 Å². The van der Waals surface area contributed by atoms with Crippen molar-refractivity contribution in [2.75, 3.05) is 18.8 Å². The van der Waals surface area contributed by atoms with Crippen LogP contribution in [0.2, 0.25) is 0 Å². The zero-order chi connectivity index (χ0) is 16.7. The monoisotopic (exact) mass is 331 g/mol. The summed E-state index contributed by atoms with van der Waals surface area (Å²) in [5.74, 6) is 0.562. The molecule has 0 saturated heterocycles. The number of hydrogen-bond donors (Lipinski definition) is 1. The molecule has 1 N–H and O–H groups in total. The minimum atomic E-state index is -1.01. The molecule has 2 rings (SSSR count). The fraction of sp³-hybridized carbons (Fsp3) is 0.368. The second-order valence-electron chi connectivity index (χ2n) is 6.37. The summed E-state index contributed by atoms with van der Waals surface area (Å²) in [6, 6.07) is 19.7. The second-order valence-corrected chi connectivity index (χ2v) is 7.94. The molecular formula is C19H25NO2S. The predicted molar refractivity (Wildman–Crippen MR) is 95.7 cm³/mol. The van der Waals surface area contributed by atoms with Gasteiger partial charge in [0.25, 0.3) is 0 Å². The minimum absolute atomic E-state index is 0.549. The number of aliphatic hydroxyl groups is 1. The molecule has 0 amide bonds. The van der Waals surface area contributed by atoms with Crippen LogP contribution in [0.3, 0.4) is 0 Å². The lowest BCUT2D eigenvalue weighted by Gasteiger charge is -2.29. The lowest BCUT2D eigenvalue weighted by atomic mass is 10.1. The Morgan fingerprint density at radius 3 is 2.13 bits per heavy atom. The first-order valence-electron chi connectivity index (χ1n) is 7.86.